The van der Waals surface area contributed by atoms with E-state index >= 15 is 0 Å². The molecule has 23 heavy (non-hydrogen) atoms. The summed E-state index contributed by atoms with van der Waals surface area (Å²) in [4.78, 5) is 8.85. The lowest BCUT2D eigenvalue weighted by Gasteiger charge is -2.11. The second-order valence-electron chi connectivity index (χ2n) is 5.19. The van der Waals surface area contributed by atoms with E-state index in [0.717, 1.165) is 22.3 Å². The van der Waals surface area contributed by atoms with Crippen LogP contribution >= 0.6 is 0 Å². The smallest absolute Gasteiger partial charge is 0.165 e. The fourth-order valence-corrected chi connectivity index (χ4v) is 2.44. The molecular weight excluding hydrogens is 293 g/mol. The number of para-hydroxylation sites is 1. The van der Waals surface area contributed by atoms with Gasteiger partial charge in [-0.2, -0.15) is 0 Å². The first kappa shape index (κ1) is 15.2. The summed E-state index contributed by atoms with van der Waals surface area (Å²) >= 11 is 0. The van der Waals surface area contributed by atoms with Gasteiger partial charge in [-0.05, 0) is 43.7 Å². The third kappa shape index (κ3) is 3.39. The minimum absolute atomic E-state index is 0.277. The Bertz CT molecular complexity index is 836. The Morgan fingerprint density at radius 2 is 1.96 bits per heavy atom. The van der Waals surface area contributed by atoms with Crippen molar-refractivity contribution in [1.82, 2.24) is 9.97 Å². The van der Waals surface area contributed by atoms with Gasteiger partial charge >= 0.3 is 0 Å². The number of aryl methyl sites for hydroxylation is 1. The molecule has 0 saturated carbocycles. The lowest BCUT2D eigenvalue weighted by molar-refractivity contribution is 0.321. The van der Waals surface area contributed by atoms with Gasteiger partial charge in [0.25, 0.3) is 0 Å². The number of aromatic nitrogens is 2. The fourth-order valence-electron chi connectivity index (χ4n) is 2.44. The molecular formula is C18H18FN3O. The van der Waals surface area contributed by atoms with E-state index in [0.29, 0.717) is 19.0 Å². The SMILES string of the molecule is CCOc1ccc(CNc2nc(C)nc3ccccc23)cc1F. The zero-order valence-corrected chi connectivity index (χ0v) is 13.1. The van der Waals surface area contributed by atoms with Crippen molar-refractivity contribution in [3.63, 3.8) is 0 Å². The van der Waals surface area contributed by atoms with Crippen molar-refractivity contribution in [3.05, 3.63) is 59.7 Å². The first-order valence-corrected chi connectivity index (χ1v) is 7.56. The maximum Gasteiger partial charge on any atom is 0.165 e. The molecule has 1 N–H and O–H groups in total. The summed E-state index contributed by atoms with van der Waals surface area (Å²) in [5, 5.41) is 4.21. The molecule has 0 atom stereocenters. The number of hydrogen-bond acceptors (Lipinski definition) is 4. The molecule has 1 aromatic heterocycles. The van der Waals surface area contributed by atoms with E-state index in [-0.39, 0.29) is 11.6 Å². The van der Waals surface area contributed by atoms with E-state index in [1.54, 1.807) is 6.07 Å². The number of rotatable bonds is 5. The highest BCUT2D eigenvalue weighted by Crippen LogP contribution is 2.22. The quantitative estimate of drug-likeness (QED) is 0.771. The van der Waals surface area contributed by atoms with Crippen LogP contribution < -0.4 is 10.1 Å². The van der Waals surface area contributed by atoms with E-state index < -0.39 is 0 Å². The number of nitrogens with one attached hydrogen (secondary N) is 1. The molecule has 0 amide bonds. The van der Waals surface area contributed by atoms with Crippen LogP contribution in [0, 0.1) is 12.7 Å². The van der Waals surface area contributed by atoms with Crippen LogP contribution in [0.25, 0.3) is 10.9 Å². The van der Waals surface area contributed by atoms with Crippen LogP contribution in [0.3, 0.4) is 0 Å². The molecule has 0 fully saturated rings. The number of anilines is 1. The minimum atomic E-state index is -0.352. The first-order chi connectivity index (χ1) is 11.2. The normalized spacial score (nSPS) is 10.7. The number of halogens is 1. The molecule has 0 radical (unpaired) electrons. The van der Waals surface area contributed by atoms with Gasteiger partial charge in [0.1, 0.15) is 11.6 Å². The van der Waals surface area contributed by atoms with Crippen molar-refractivity contribution in [2.45, 2.75) is 20.4 Å². The zero-order chi connectivity index (χ0) is 16.2. The standard InChI is InChI=1S/C18H18FN3O/c1-3-23-17-9-8-13(10-15(17)19)11-20-18-14-6-4-5-7-16(14)21-12(2)22-18/h4-10H,3,11H2,1-2H3,(H,20,21,22). The number of fused-ring (bicyclic) bond motifs is 1. The molecule has 0 spiro atoms. The zero-order valence-electron chi connectivity index (χ0n) is 13.1. The molecule has 0 aliphatic heterocycles. The first-order valence-electron chi connectivity index (χ1n) is 7.56. The Kier molecular flexibility index (Phi) is 4.37. The van der Waals surface area contributed by atoms with Crippen molar-refractivity contribution in [1.29, 1.82) is 0 Å². The van der Waals surface area contributed by atoms with Gasteiger partial charge in [0.2, 0.25) is 0 Å². The van der Waals surface area contributed by atoms with E-state index in [9.17, 15) is 4.39 Å². The summed E-state index contributed by atoms with van der Waals surface area (Å²) in [5.41, 5.74) is 1.71. The fraction of sp³-hybridized carbons (Fsp3) is 0.222. The van der Waals surface area contributed by atoms with E-state index in [1.807, 2.05) is 44.2 Å². The summed E-state index contributed by atoms with van der Waals surface area (Å²) in [5.74, 6) is 1.38. The van der Waals surface area contributed by atoms with Gasteiger partial charge in [-0.15, -0.1) is 0 Å². The molecule has 0 bridgehead atoms. The third-order valence-corrected chi connectivity index (χ3v) is 3.47. The van der Waals surface area contributed by atoms with Crippen LogP contribution in [0.15, 0.2) is 42.5 Å². The number of hydrogen-bond donors (Lipinski definition) is 1. The van der Waals surface area contributed by atoms with E-state index in [4.69, 9.17) is 4.74 Å². The summed E-state index contributed by atoms with van der Waals surface area (Å²) in [7, 11) is 0. The predicted molar refractivity (Wildman–Crippen MR) is 89.2 cm³/mol. The van der Waals surface area contributed by atoms with Crippen LogP contribution in [0.4, 0.5) is 10.2 Å². The van der Waals surface area contributed by atoms with Crippen LogP contribution in [0.1, 0.15) is 18.3 Å². The summed E-state index contributed by atoms with van der Waals surface area (Å²) in [6.07, 6.45) is 0. The maximum atomic E-state index is 13.9. The lowest BCUT2D eigenvalue weighted by Crippen LogP contribution is -2.05. The van der Waals surface area contributed by atoms with Crippen molar-refractivity contribution in [2.75, 3.05) is 11.9 Å². The van der Waals surface area contributed by atoms with Gasteiger partial charge < -0.3 is 10.1 Å². The van der Waals surface area contributed by atoms with E-state index in [1.165, 1.54) is 6.07 Å². The van der Waals surface area contributed by atoms with Crippen molar-refractivity contribution in [3.8, 4) is 5.75 Å². The average Bonchev–Trinajstić information content (AvgIpc) is 2.55. The summed E-state index contributed by atoms with van der Waals surface area (Å²) in [6, 6.07) is 12.8. The number of benzene rings is 2. The predicted octanol–water partition coefficient (Wildman–Crippen LogP) is 4.09. The number of ether oxygens (including phenoxy) is 1. The van der Waals surface area contributed by atoms with Gasteiger partial charge in [0.05, 0.1) is 12.1 Å². The van der Waals surface area contributed by atoms with Gasteiger partial charge in [0.15, 0.2) is 11.6 Å². The van der Waals surface area contributed by atoms with Gasteiger partial charge in [0, 0.05) is 11.9 Å². The highest BCUT2D eigenvalue weighted by molar-refractivity contribution is 5.88. The molecule has 4 nitrogen and oxygen atoms in total. The monoisotopic (exact) mass is 311 g/mol. The topological polar surface area (TPSA) is 47.0 Å². The maximum absolute atomic E-state index is 13.9. The highest BCUT2D eigenvalue weighted by atomic mass is 19.1. The Morgan fingerprint density at radius 1 is 1.13 bits per heavy atom. The molecule has 0 saturated heterocycles. The van der Waals surface area contributed by atoms with E-state index in [2.05, 4.69) is 15.3 Å². The second-order valence-corrected chi connectivity index (χ2v) is 5.19. The summed E-state index contributed by atoms with van der Waals surface area (Å²) < 4.78 is 19.1. The molecule has 3 rings (SSSR count). The molecule has 0 aliphatic carbocycles. The van der Waals surface area contributed by atoms with Gasteiger partial charge in [-0.1, -0.05) is 18.2 Å². The van der Waals surface area contributed by atoms with Crippen molar-refractivity contribution in [2.24, 2.45) is 0 Å². The van der Waals surface area contributed by atoms with Crippen LogP contribution in [-0.2, 0) is 6.54 Å². The molecule has 3 aromatic rings. The van der Waals surface area contributed by atoms with Crippen molar-refractivity contribution < 1.29 is 9.13 Å². The minimum Gasteiger partial charge on any atom is -0.491 e. The van der Waals surface area contributed by atoms with Crippen LogP contribution in [0.2, 0.25) is 0 Å². The average molecular weight is 311 g/mol. The molecule has 0 unspecified atom stereocenters. The Balaban J connectivity index is 1.82. The summed E-state index contributed by atoms with van der Waals surface area (Å²) in [6.45, 7) is 4.61. The second kappa shape index (κ2) is 6.60. The Morgan fingerprint density at radius 3 is 2.74 bits per heavy atom. The molecule has 1 heterocycles. The van der Waals surface area contributed by atoms with Gasteiger partial charge in [-0.3, -0.25) is 0 Å². The highest BCUT2D eigenvalue weighted by Gasteiger charge is 2.07. The molecule has 0 aliphatic rings. The Hall–Kier alpha value is -2.69. The Labute approximate surface area is 134 Å². The largest absolute Gasteiger partial charge is 0.491 e. The van der Waals surface area contributed by atoms with Crippen LogP contribution in [-0.4, -0.2) is 16.6 Å². The van der Waals surface area contributed by atoms with Crippen molar-refractivity contribution >= 4 is 16.7 Å². The van der Waals surface area contributed by atoms with Crippen LogP contribution in [0.5, 0.6) is 5.75 Å². The van der Waals surface area contributed by atoms with Gasteiger partial charge in [-0.25, -0.2) is 14.4 Å². The third-order valence-electron chi connectivity index (χ3n) is 3.47. The lowest BCUT2D eigenvalue weighted by atomic mass is 10.2. The number of nitrogens with zero attached hydrogens (tertiary/aromatic N) is 2. The molecule has 2 aromatic carbocycles. The molecule has 5 heteroatoms. The molecule has 118 valence electrons.